The molecule has 0 aromatic carbocycles. The highest BCUT2D eigenvalue weighted by molar-refractivity contribution is 5.42. The molecule has 1 aliphatic heterocycles. The molecule has 0 amide bonds. The second-order valence-electron chi connectivity index (χ2n) is 6.11. The maximum absolute atomic E-state index is 5.65. The van der Waals surface area contributed by atoms with Crippen molar-refractivity contribution in [2.24, 2.45) is 0 Å². The molecular formula is C16H25N3O. The Bertz CT molecular complexity index is 473. The van der Waals surface area contributed by atoms with Crippen molar-refractivity contribution in [2.75, 3.05) is 18.6 Å². The molecule has 1 N–H and O–H groups in total. The highest BCUT2D eigenvalue weighted by Crippen LogP contribution is 2.24. The summed E-state index contributed by atoms with van der Waals surface area (Å²) in [5.74, 6) is 1.06. The minimum Gasteiger partial charge on any atom is -0.376 e. The average molecular weight is 275 g/mol. The zero-order chi connectivity index (χ0) is 14.1. The van der Waals surface area contributed by atoms with Gasteiger partial charge in [-0.3, -0.25) is 0 Å². The maximum Gasteiger partial charge on any atom is 0.128 e. The largest absolute Gasteiger partial charge is 0.376 e. The first-order chi connectivity index (χ1) is 9.65. The smallest absolute Gasteiger partial charge is 0.128 e. The normalized spacial score (nSPS) is 25.9. The Hall–Kier alpha value is -1.13. The van der Waals surface area contributed by atoms with Crippen LogP contribution in [-0.2, 0) is 11.3 Å². The summed E-state index contributed by atoms with van der Waals surface area (Å²) in [6, 6.07) is 5.54. The van der Waals surface area contributed by atoms with Gasteiger partial charge in [-0.05, 0) is 44.7 Å². The summed E-state index contributed by atoms with van der Waals surface area (Å²) >= 11 is 0. The van der Waals surface area contributed by atoms with Crippen molar-refractivity contribution in [3.05, 3.63) is 23.4 Å². The van der Waals surface area contributed by atoms with E-state index in [1.54, 1.807) is 0 Å². The van der Waals surface area contributed by atoms with Crippen LogP contribution in [0.15, 0.2) is 12.1 Å². The average Bonchev–Trinajstić information content (AvgIpc) is 3.17. The number of pyridine rings is 1. The summed E-state index contributed by atoms with van der Waals surface area (Å²) in [6.07, 6.45) is 4.03. The fourth-order valence-electron chi connectivity index (χ4n) is 2.90. The molecule has 1 aliphatic carbocycles. The first-order valence-corrected chi connectivity index (χ1v) is 7.69. The molecule has 4 nitrogen and oxygen atoms in total. The molecule has 0 bridgehead atoms. The summed E-state index contributed by atoms with van der Waals surface area (Å²) in [5, 5.41) is 3.55. The van der Waals surface area contributed by atoms with Gasteiger partial charge in [-0.25, -0.2) is 4.98 Å². The standard InChI is InChI=1S/C16H25N3O/c1-11-13(10-17-14-5-6-14)4-7-16(18-11)19(3)15-8-9-20-12(15)2/h4,7,12,14-15,17H,5-6,8-10H2,1-3H3. The Morgan fingerprint density at radius 1 is 1.35 bits per heavy atom. The van der Waals surface area contributed by atoms with Crippen LogP contribution < -0.4 is 10.2 Å². The van der Waals surface area contributed by atoms with Crippen molar-refractivity contribution < 1.29 is 4.74 Å². The van der Waals surface area contributed by atoms with Gasteiger partial charge in [0.25, 0.3) is 0 Å². The van der Waals surface area contributed by atoms with Crippen molar-refractivity contribution in [2.45, 2.75) is 57.8 Å². The van der Waals surface area contributed by atoms with Crippen molar-refractivity contribution in [1.29, 1.82) is 0 Å². The van der Waals surface area contributed by atoms with Gasteiger partial charge < -0.3 is 15.0 Å². The molecule has 2 heterocycles. The molecule has 1 saturated heterocycles. The molecule has 2 atom stereocenters. The van der Waals surface area contributed by atoms with Gasteiger partial charge >= 0.3 is 0 Å². The van der Waals surface area contributed by atoms with Gasteiger partial charge in [-0.15, -0.1) is 0 Å². The summed E-state index contributed by atoms with van der Waals surface area (Å²) in [5.41, 5.74) is 2.44. The van der Waals surface area contributed by atoms with Gasteiger partial charge in [-0.1, -0.05) is 6.07 Å². The molecule has 3 rings (SSSR count). The van der Waals surface area contributed by atoms with Crippen LogP contribution in [-0.4, -0.2) is 36.8 Å². The van der Waals surface area contributed by atoms with E-state index in [1.165, 1.54) is 18.4 Å². The van der Waals surface area contributed by atoms with E-state index in [2.05, 4.69) is 43.2 Å². The number of hydrogen-bond acceptors (Lipinski definition) is 4. The Kier molecular flexibility index (Phi) is 3.94. The van der Waals surface area contributed by atoms with Gasteiger partial charge in [0.05, 0.1) is 12.1 Å². The van der Waals surface area contributed by atoms with Crippen molar-refractivity contribution in [1.82, 2.24) is 10.3 Å². The van der Waals surface area contributed by atoms with E-state index in [1.807, 2.05) is 0 Å². The maximum atomic E-state index is 5.65. The molecule has 2 fully saturated rings. The Morgan fingerprint density at radius 3 is 2.75 bits per heavy atom. The molecule has 20 heavy (non-hydrogen) atoms. The van der Waals surface area contributed by atoms with Gasteiger partial charge in [0.1, 0.15) is 5.82 Å². The summed E-state index contributed by atoms with van der Waals surface area (Å²) in [6.45, 7) is 6.06. The highest BCUT2D eigenvalue weighted by atomic mass is 16.5. The summed E-state index contributed by atoms with van der Waals surface area (Å²) in [4.78, 5) is 7.05. The number of anilines is 1. The fraction of sp³-hybridized carbons (Fsp3) is 0.688. The third kappa shape index (κ3) is 2.96. The number of rotatable bonds is 5. The number of likely N-dealkylation sites (N-methyl/N-ethyl adjacent to an activating group) is 1. The Balaban J connectivity index is 1.68. The molecule has 1 saturated carbocycles. The molecule has 2 unspecified atom stereocenters. The number of nitrogens with zero attached hydrogens (tertiary/aromatic N) is 2. The second-order valence-corrected chi connectivity index (χ2v) is 6.11. The van der Waals surface area contributed by atoms with E-state index in [9.17, 15) is 0 Å². The molecule has 0 radical (unpaired) electrons. The minimum absolute atomic E-state index is 0.290. The Morgan fingerprint density at radius 2 is 2.15 bits per heavy atom. The molecule has 1 aromatic rings. The van der Waals surface area contributed by atoms with Crippen LogP contribution in [0.4, 0.5) is 5.82 Å². The number of nitrogens with one attached hydrogen (secondary N) is 1. The van der Waals surface area contributed by atoms with Gasteiger partial charge in [0, 0.05) is 31.9 Å². The monoisotopic (exact) mass is 275 g/mol. The molecule has 2 aliphatic rings. The minimum atomic E-state index is 0.290. The van der Waals surface area contributed by atoms with Crippen LogP contribution in [0.5, 0.6) is 0 Å². The second kappa shape index (κ2) is 5.70. The lowest BCUT2D eigenvalue weighted by atomic mass is 10.1. The predicted octanol–water partition coefficient (Wildman–Crippen LogP) is 2.26. The number of aryl methyl sites for hydroxylation is 1. The molecular weight excluding hydrogens is 250 g/mol. The fourth-order valence-corrected chi connectivity index (χ4v) is 2.90. The van der Waals surface area contributed by atoms with Crippen LogP contribution in [0.2, 0.25) is 0 Å². The Labute approximate surface area is 121 Å². The highest BCUT2D eigenvalue weighted by Gasteiger charge is 2.28. The van der Waals surface area contributed by atoms with E-state index in [0.29, 0.717) is 12.1 Å². The first kappa shape index (κ1) is 13.8. The molecule has 4 heteroatoms. The lowest BCUT2D eigenvalue weighted by molar-refractivity contribution is 0.118. The molecule has 1 aromatic heterocycles. The summed E-state index contributed by atoms with van der Waals surface area (Å²) in [7, 11) is 2.12. The van der Waals surface area contributed by atoms with Crippen LogP contribution in [0.3, 0.4) is 0 Å². The van der Waals surface area contributed by atoms with Gasteiger partial charge in [0.15, 0.2) is 0 Å². The van der Waals surface area contributed by atoms with Crippen molar-refractivity contribution in [3.63, 3.8) is 0 Å². The van der Waals surface area contributed by atoms with Gasteiger partial charge in [0.2, 0.25) is 0 Å². The van der Waals surface area contributed by atoms with E-state index < -0.39 is 0 Å². The van der Waals surface area contributed by atoms with Crippen molar-refractivity contribution >= 4 is 5.82 Å². The van der Waals surface area contributed by atoms with Crippen LogP contribution >= 0.6 is 0 Å². The van der Waals surface area contributed by atoms with Crippen LogP contribution in [0, 0.1) is 6.92 Å². The lowest BCUT2D eigenvalue weighted by Crippen LogP contribution is -2.37. The lowest BCUT2D eigenvalue weighted by Gasteiger charge is -2.28. The predicted molar refractivity (Wildman–Crippen MR) is 81.1 cm³/mol. The van der Waals surface area contributed by atoms with E-state index in [0.717, 1.165) is 37.1 Å². The molecule has 0 spiro atoms. The number of aromatic nitrogens is 1. The summed E-state index contributed by atoms with van der Waals surface area (Å²) < 4.78 is 5.65. The van der Waals surface area contributed by atoms with Crippen LogP contribution in [0.25, 0.3) is 0 Å². The number of hydrogen-bond donors (Lipinski definition) is 1. The van der Waals surface area contributed by atoms with E-state index >= 15 is 0 Å². The quantitative estimate of drug-likeness (QED) is 0.894. The zero-order valence-electron chi connectivity index (χ0n) is 12.7. The third-order valence-electron chi connectivity index (χ3n) is 4.53. The van der Waals surface area contributed by atoms with Crippen LogP contribution in [0.1, 0.15) is 37.4 Å². The number of ether oxygens (including phenoxy) is 1. The zero-order valence-corrected chi connectivity index (χ0v) is 12.7. The van der Waals surface area contributed by atoms with E-state index in [-0.39, 0.29) is 0 Å². The third-order valence-corrected chi connectivity index (χ3v) is 4.53. The first-order valence-electron chi connectivity index (χ1n) is 7.69. The van der Waals surface area contributed by atoms with E-state index in [4.69, 9.17) is 9.72 Å². The topological polar surface area (TPSA) is 37.4 Å². The van der Waals surface area contributed by atoms with Crippen molar-refractivity contribution in [3.8, 4) is 0 Å². The van der Waals surface area contributed by atoms with Gasteiger partial charge in [-0.2, -0.15) is 0 Å². The molecule has 110 valence electrons. The SMILES string of the molecule is Cc1nc(N(C)C2CCOC2C)ccc1CNC1CC1.